The Bertz CT molecular complexity index is 983. The minimum absolute atomic E-state index is 0.0314. The summed E-state index contributed by atoms with van der Waals surface area (Å²) in [6.07, 6.45) is 4.04. The number of aryl methyl sites for hydroxylation is 1. The lowest BCUT2D eigenvalue weighted by atomic mass is 9.98. The molecule has 0 spiro atoms. The monoisotopic (exact) mass is 377 g/mol. The first kappa shape index (κ1) is 18.7. The number of pyridine rings is 1. The number of aromatic nitrogens is 1. The zero-order chi connectivity index (χ0) is 19.6. The number of fused-ring (bicyclic) bond motifs is 1. The number of hydrogen-bond acceptors (Lipinski definition) is 5. The zero-order valence-electron chi connectivity index (χ0n) is 16.5. The van der Waals surface area contributed by atoms with Crippen LogP contribution in [-0.2, 0) is 12.1 Å². The molecule has 0 bridgehead atoms. The summed E-state index contributed by atoms with van der Waals surface area (Å²) in [5.41, 5.74) is 10.2. The third-order valence-corrected chi connectivity index (χ3v) is 5.52. The minimum atomic E-state index is -0.0314. The van der Waals surface area contributed by atoms with Crippen molar-refractivity contribution < 1.29 is 9.47 Å². The zero-order valence-corrected chi connectivity index (χ0v) is 16.5. The third kappa shape index (κ3) is 3.68. The topological polar surface area (TPSA) is 69.4 Å². The predicted molar refractivity (Wildman–Crippen MR) is 112 cm³/mol. The van der Waals surface area contributed by atoms with Crippen molar-refractivity contribution in [2.24, 2.45) is 5.73 Å². The molecule has 0 atom stereocenters. The maximum atomic E-state index is 5.69. The average molecular weight is 377 g/mol. The van der Waals surface area contributed by atoms with Gasteiger partial charge >= 0.3 is 0 Å². The summed E-state index contributed by atoms with van der Waals surface area (Å²) in [6.45, 7) is 3.96. The van der Waals surface area contributed by atoms with E-state index in [2.05, 4.69) is 41.5 Å². The van der Waals surface area contributed by atoms with E-state index in [0.717, 1.165) is 36.4 Å². The van der Waals surface area contributed by atoms with E-state index in [4.69, 9.17) is 15.2 Å². The molecule has 5 heteroatoms. The van der Waals surface area contributed by atoms with Gasteiger partial charge in [0.15, 0.2) is 0 Å². The van der Waals surface area contributed by atoms with E-state index >= 15 is 0 Å². The summed E-state index contributed by atoms with van der Waals surface area (Å²) in [5, 5.41) is 4.99. The van der Waals surface area contributed by atoms with Gasteiger partial charge in [-0.25, -0.2) is 0 Å². The predicted octanol–water partition coefficient (Wildman–Crippen LogP) is 3.67. The van der Waals surface area contributed by atoms with E-state index in [0.29, 0.717) is 13.2 Å². The molecule has 1 heterocycles. The number of benzene rings is 2. The standard InChI is InChI=1S/C23H27N3O2/c1-16-5-6-18(28-11-9-24)12-17(16)15-26-23(7-8-23)21-13-19(27-2)14-22-20(21)4-3-10-25-22/h3-6,10,12-14,26H,7-9,11,15,24H2,1-2H3. The van der Waals surface area contributed by atoms with Crippen LogP contribution in [0.1, 0.15) is 29.5 Å². The van der Waals surface area contributed by atoms with Gasteiger partial charge in [-0.05, 0) is 60.7 Å². The fourth-order valence-corrected chi connectivity index (χ4v) is 3.71. The summed E-state index contributed by atoms with van der Waals surface area (Å²) in [6, 6.07) is 14.5. The van der Waals surface area contributed by atoms with Crippen LogP contribution in [0.5, 0.6) is 11.5 Å². The summed E-state index contributed by atoms with van der Waals surface area (Å²) in [7, 11) is 1.71. The quantitative estimate of drug-likeness (QED) is 0.627. The molecule has 0 saturated heterocycles. The number of nitrogens with zero attached hydrogens (tertiary/aromatic N) is 1. The molecule has 1 saturated carbocycles. The molecule has 3 aromatic rings. The van der Waals surface area contributed by atoms with Crippen LogP contribution in [0.15, 0.2) is 48.7 Å². The lowest BCUT2D eigenvalue weighted by Gasteiger charge is -2.22. The first-order valence-corrected chi connectivity index (χ1v) is 9.76. The highest BCUT2D eigenvalue weighted by Crippen LogP contribution is 2.49. The lowest BCUT2D eigenvalue weighted by molar-refractivity contribution is 0.327. The van der Waals surface area contributed by atoms with E-state index in [1.807, 2.05) is 24.4 Å². The van der Waals surface area contributed by atoms with Crippen LogP contribution in [0, 0.1) is 6.92 Å². The summed E-state index contributed by atoms with van der Waals surface area (Å²) in [4.78, 5) is 4.53. The Morgan fingerprint density at radius 1 is 1.14 bits per heavy atom. The van der Waals surface area contributed by atoms with E-state index in [9.17, 15) is 0 Å². The summed E-state index contributed by atoms with van der Waals surface area (Å²) < 4.78 is 11.2. The van der Waals surface area contributed by atoms with Crippen molar-refractivity contribution in [1.82, 2.24) is 10.3 Å². The molecule has 0 radical (unpaired) electrons. The van der Waals surface area contributed by atoms with Crippen molar-refractivity contribution in [2.75, 3.05) is 20.3 Å². The van der Waals surface area contributed by atoms with Gasteiger partial charge in [0.2, 0.25) is 0 Å². The molecular formula is C23H27N3O2. The molecule has 1 aliphatic carbocycles. The number of methoxy groups -OCH3 is 1. The van der Waals surface area contributed by atoms with Gasteiger partial charge in [-0.2, -0.15) is 0 Å². The van der Waals surface area contributed by atoms with Crippen LogP contribution in [0.3, 0.4) is 0 Å². The summed E-state index contributed by atoms with van der Waals surface area (Å²) in [5.74, 6) is 1.72. The molecule has 1 fully saturated rings. The first-order chi connectivity index (χ1) is 13.6. The van der Waals surface area contributed by atoms with Gasteiger partial charge in [0.05, 0.1) is 12.6 Å². The second-order valence-corrected chi connectivity index (χ2v) is 7.41. The maximum Gasteiger partial charge on any atom is 0.121 e. The van der Waals surface area contributed by atoms with Crippen LogP contribution in [-0.4, -0.2) is 25.2 Å². The minimum Gasteiger partial charge on any atom is -0.497 e. The van der Waals surface area contributed by atoms with Gasteiger partial charge in [0.25, 0.3) is 0 Å². The Labute approximate surface area is 165 Å². The molecule has 4 rings (SSSR count). The highest BCUT2D eigenvalue weighted by atomic mass is 16.5. The fraction of sp³-hybridized carbons (Fsp3) is 0.348. The highest BCUT2D eigenvalue weighted by molar-refractivity contribution is 5.85. The van der Waals surface area contributed by atoms with Crippen molar-refractivity contribution in [3.63, 3.8) is 0 Å². The van der Waals surface area contributed by atoms with Crippen LogP contribution >= 0.6 is 0 Å². The van der Waals surface area contributed by atoms with Gasteiger partial charge < -0.3 is 20.5 Å². The largest absolute Gasteiger partial charge is 0.497 e. The number of hydrogen-bond donors (Lipinski definition) is 2. The number of rotatable bonds is 8. The Morgan fingerprint density at radius 2 is 2.00 bits per heavy atom. The average Bonchev–Trinajstić information content (AvgIpc) is 3.52. The molecule has 2 aromatic carbocycles. The van der Waals surface area contributed by atoms with E-state index in [-0.39, 0.29) is 5.54 Å². The molecular weight excluding hydrogens is 350 g/mol. The molecule has 28 heavy (non-hydrogen) atoms. The molecule has 0 amide bonds. The lowest BCUT2D eigenvalue weighted by Crippen LogP contribution is -2.29. The van der Waals surface area contributed by atoms with E-state index < -0.39 is 0 Å². The number of ether oxygens (including phenoxy) is 2. The summed E-state index contributed by atoms with van der Waals surface area (Å²) >= 11 is 0. The fourth-order valence-electron chi connectivity index (χ4n) is 3.71. The van der Waals surface area contributed by atoms with E-state index in [1.54, 1.807) is 7.11 Å². The van der Waals surface area contributed by atoms with Gasteiger partial charge in [0.1, 0.15) is 18.1 Å². The molecule has 146 valence electrons. The molecule has 3 N–H and O–H groups in total. The van der Waals surface area contributed by atoms with Crippen LogP contribution in [0.25, 0.3) is 10.9 Å². The van der Waals surface area contributed by atoms with Gasteiger partial charge in [-0.15, -0.1) is 0 Å². The normalized spacial score (nSPS) is 14.8. The maximum absolute atomic E-state index is 5.69. The molecule has 5 nitrogen and oxygen atoms in total. The highest BCUT2D eigenvalue weighted by Gasteiger charge is 2.45. The van der Waals surface area contributed by atoms with Crippen molar-refractivity contribution in [2.45, 2.75) is 31.8 Å². The van der Waals surface area contributed by atoms with Gasteiger partial charge in [0, 0.05) is 36.3 Å². The van der Waals surface area contributed by atoms with Gasteiger partial charge in [-0.3, -0.25) is 4.98 Å². The third-order valence-electron chi connectivity index (χ3n) is 5.52. The molecule has 0 aliphatic heterocycles. The molecule has 1 aromatic heterocycles. The Hall–Kier alpha value is -2.63. The Morgan fingerprint density at radius 3 is 2.75 bits per heavy atom. The smallest absolute Gasteiger partial charge is 0.121 e. The van der Waals surface area contributed by atoms with E-state index in [1.165, 1.54) is 22.1 Å². The van der Waals surface area contributed by atoms with Crippen molar-refractivity contribution >= 4 is 10.9 Å². The Balaban J connectivity index is 1.60. The second kappa shape index (κ2) is 7.78. The van der Waals surface area contributed by atoms with Crippen molar-refractivity contribution in [3.8, 4) is 11.5 Å². The molecule has 1 aliphatic rings. The number of nitrogens with one attached hydrogen (secondary N) is 1. The van der Waals surface area contributed by atoms with Gasteiger partial charge in [-0.1, -0.05) is 12.1 Å². The second-order valence-electron chi connectivity index (χ2n) is 7.41. The Kier molecular flexibility index (Phi) is 5.20. The van der Waals surface area contributed by atoms with Crippen LogP contribution < -0.4 is 20.5 Å². The molecule has 0 unspecified atom stereocenters. The van der Waals surface area contributed by atoms with Crippen molar-refractivity contribution in [1.29, 1.82) is 0 Å². The van der Waals surface area contributed by atoms with Crippen LogP contribution in [0.2, 0.25) is 0 Å². The van der Waals surface area contributed by atoms with Crippen molar-refractivity contribution in [3.05, 3.63) is 65.4 Å². The first-order valence-electron chi connectivity index (χ1n) is 9.76. The van der Waals surface area contributed by atoms with Crippen LogP contribution in [0.4, 0.5) is 0 Å². The number of nitrogens with two attached hydrogens (primary N) is 1. The SMILES string of the molecule is COc1cc(C2(NCc3cc(OCCN)ccc3C)CC2)c2cccnc2c1.